The Kier molecular flexibility index (Phi) is 3.04. The summed E-state index contributed by atoms with van der Waals surface area (Å²) >= 11 is 0. The van der Waals surface area contributed by atoms with Gasteiger partial charge in [0.25, 0.3) is 0 Å². The summed E-state index contributed by atoms with van der Waals surface area (Å²) < 4.78 is 37.0. The number of rotatable bonds is 2. The smallest absolute Gasteiger partial charge is 0.325 e. The molecule has 2 nitrogen and oxygen atoms in total. The van der Waals surface area contributed by atoms with E-state index in [-0.39, 0.29) is 0 Å². The Labute approximate surface area is 86.3 Å². The van der Waals surface area contributed by atoms with Crippen LogP contribution in [0.2, 0.25) is 0 Å². The van der Waals surface area contributed by atoms with Gasteiger partial charge >= 0.3 is 6.18 Å². The number of hydrogen-bond donors (Lipinski definition) is 1. The van der Waals surface area contributed by atoms with E-state index >= 15 is 0 Å². The largest absolute Gasteiger partial charge is 0.416 e. The molecule has 0 bridgehead atoms. The predicted molar refractivity (Wildman–Crippen MR) is 51.2 cm³/mol. The van der Waals surface area contributed by atoms with E-state index in [4.69, 9.17) is 5.73 Å². The van der Waals surface area contributed by atoms with Crippen molar-refractivity contribution in [1.82, 2.24) is 4.98 Å². The van der Waals surface area contributed by atoms with Crippen LogP contribution >= 0.6 is 0 Å². The molecule has 1 aromatic rings. The van der Waals surface area contributed by atoms with Gasteiger partial charge in [0.05, 0.1) is 5.56 Å². The molecule has 0 fully saturated rings. The number of pyridine rings is 1. The van der Waals surface area contributed by atoms with Crippen molar-refractivity contribution in [1.29, 1.82) is 0 Å². The van der Waals surface area contributed by atoms with Crippen LogP contribution in [0, 0.1) is 0 Å². The Bertz CT molecular complexity index is 339. The van der Waals surface area contributed by atoms with Crippen molar-refractivity contribution in [3.05, 3.63) is 29.6 Å². The van der Waals surface area contributed by atoms with Crippen molar-refractivity contribution in [3.63, 3.8) is 0 Å². The van der Waals surface area contributed by atoms with E-state index in [9.17, 15) is 13.2 Å². The molecular formula is C10H13F3N2. The fourth-order valence-electron chi connectivity index (χ4n) is 1.22. The first-order valence-corrected chi connectivity index (χ1v) is 4.49. The SMILES string of the molecule is CC(C)(N)Cc1cc(C(F)(F)F)ccn1. The lowest BCUT2D eigenvalue weighted by molar-refractivity contribution is -0.137. The van der Waals surface area contributed by atoms with Gasteiger partial charge in [0, 0.05) is 23.9 Å². The summed E-state index contributed by atoms with van der Waals surface area (Å²) in [4.78, 5) is 3.86. The molecule has 0 saturated carbocycles. The molecule has 0 saturated heterocycles. The fourth-order valence-corrected chi connectivity index (χ4v) is 1.22. The molecule has 0 spiro atoms. The topological polar surface area (TPSA) is 38.9 Å². The van der Waals surface area contributed by atoms with Gasteiger partial charge in [0.1, 0.15) is 0 Å². The van der Waals surface area contributed by atoms with E-state index in [1.54, 1.807) is 13.8 Å². The molecule has 5 heteroatoms. The fraction of sp³-hybridized carbons (Fsp3) is 0.500. The minimum absolute atomic E-state index is 0.316. The van der Waals surface area contributed by atoms with Crippen LogP contribution in [0.4, 0.5) is 13.2 Å². The first-order chi connectivity index (χ1) is 6.68. The van der Waals surface area contributed by atoms with Crippen molar-refractivity contribution in [2.75, 3.05) is 0 Å². The molecule has 0 aromatic carbocycles. The average Bonchev–Trinajstić information content (AvgIpc) is 1.99. The average molecular weight is 218 g/mol. The molecule has 84 valence electrons. The molecule has 0 atom stereocenters. The summed E-state index contributed by atoms with van der Waals surface area (Å²) in [7, 11) is 0. The second-order valence-electron chi connectivity index (χ2n) is 4.20. The number of nitrogens with two attached hydrogens (primary N) is 1. The zero-order valence-corrected chi connectivity index (χ0v) is 8.60. The Hall–Kier alpha value is -1.10. The van der Waals surface area contributed by atoms with Gasteiger partial charge in [-0.3, -0.25) is 4.98 Å². The number of hydrogen-bond acceptors (Lipinski definition) is 2. The molecule has 0 aliphatic rings. The summed E-state index contributed by atoms with van der Waals surface area (Å²) in [5.74, 6) is 0. The molecule has 0 amide bonds. The highest BCUT2D eigenvalue weighted by molar-refractivity contribution is 5.20. The molecule has 1 aromatic heterocycles. The van der Waals surface area contributed by atoms with Crippen LogP contribution in [0.3, 0.4) is 0 Å². The molecule has 0 aliphatic heterocycles. The maximum atomic E-state index is 12.3. The highest BCUT2D eigenvalue weighted by Gasteiger charge is 2.30. The van der Waals surface area contributed by atoms with Gasteiger partial charge in [-0.1, -0.05) is 0 Å². The maximum Gasteiger partial charge on any atom is 0.416 e. The van der Waals surface area contributed by atoms with Crippen LogP contribution < -0.4 is 5.73 Å². The third-order valence-corrected chi connectivity index (χ3v) is 1.78. The number of halogens is 3. The summed E-state index contributed by atoms with van der Waals surface area (Å²) in [5, 5.41) is 0. The maximum absolute atomic E-state index is 12.3. The van der Waals surface area contributed by atoms with Crippen molar-refractivity contribution in [2.24, 2.45) is 5.73 Å². The van der Waals surface area contributed by atoms with Crippen LogP contribution in [0.25, 0.3) is 0 Å². The first-order valence-electron chi connectivity index (χ1n) is 4.49. The van der Waals surface area contributed by atoms with Crippen molar-refractivity contribution < 1.29 is 13.2 Å². The molecule has 2 N–H and O–H groups in total. The lowest BCUT2D eigenvalue weighted by Gasteiger charge is -2.18. The number of nitrogens with zero attached hydrogens (tertiary/aromatic N) is 1. The summed E-state index contributed by atoms with van der Waals surface area (Å²) in [6.45, 7) is 3.49. The first kappa shape index (κ1) is 12.0. The minimum atomic E-state index is -4.32. The van der Waals surface area contributed by atoms with Gasteiger partial charge in [-0.25, -0.2) is 0 Å². The Morgan fingerprint density at radius 3 is 2.40 bits per heavy atom. The minimum Gasteiger partial charge on any atom is -0.325 e. The quantitative estimate of drug-likeness (QED) is 0.827. The lowest BCUT2D eigenvalue weighted by Crippen LogP contribution is -2.34. The highest BCUT2D eigenvalue weighted by atomic mass is 19.4. The van der Waals surface area contributed by atoms with Gasteiger partial charge in [0.2, 0.25) is 0 Å². The second-order valence-corrected chi connectivity index (χ2v) is 4.20. The van der Waals surface area contributed by atoms with Gasteiger partial charge < -0.3 is 5.73 Å². The van der Waals surface area contributed by atoms with Gasteiger partial charge in [-0.05, 0) is 26.0 Å². The zero-order chi connectivity index (χ0) is 11.7. The molecule has 15 heavy (non-hydrogen) atoms. The van der Waals surface area contributed by atoms with Crippen LogP contribution in [0.15, 0.2) is 18.3 Å². The van der Waals surface area contributed by atoms with Crippen LogP contribution in [0.5, 0.6) is 0 Å². The van der Waals surface area contributed by atoms with E-state index in [1.807, 2.05) is 0 Å². The monoisotopic (exact) mass is 218 g/mol. The lowest BCUT2D eigenvalue weighted by atomic mass is 9.99. The van der Waals surface area contributed by atoms with Crippen molar-refractivity contribution in [2.45, 2.75) is 32.0 Å². The van der Waals surface area contributed by atoms with Crippen LogP contribution in [-0.4, -0.2) is 10.5 Å². The molecular weight excluding hydrogens is 205 g/mol. The summed E-state index contributed by atoms with van der Waals surface area (Å²) in [6, 6.07) is 1.99. The third kappa shape index (κ3) is 3.87. The zero-order valence-electron chi connectivity index (χ0n) is 8.60. The Morgan fingerprint density at radius 2 is 1.93 bits per heavy atom. The van der Waals surface area contributed by atoms with E-state index in [1.165, 1.54) is 0 Å². The van der Waals surface area contributed by atoms with E-state index in [0.29, 0.717) is 12.1 Å². The van der Waals surface area contributed by atoms with Gasteiger partial charge in [0.15, 0.2) is 0 Å². The molecule has 1 heterocycles. The van der Waals surface area contributed by atoms with E-state index < -0.39 is 17.3 Å². The van der Waals surface area contributed by atoms with Crippen molar-refractivity contribution >= 4 is 0 Å². The molecule has 1 rings (SSSR count). The Morgan fingerprint density at radius 1 is 1.33 bits per heavy atom. The molecule has 0 aliphatic carbocycles. The Balaban J connectivity index is 2.94. The van der Waals surface area contributed by atoms with Gasteiger partial charge in [-0.15, -0.1) is 0 Å². The van der Waals surface area contributed by atoms with Gasteiger partial charge in [-0.2, -0.15) is 13.2 Å². The highest BCUT2D eigenvalue weighted by Crippen LogP contribution is 2.29. The van der Waals surface area contributed by atoms with Crippen LogP contribution in [0.1, 0.15) is 25.1 Å². The van der Waals surface area contributed by atoms with Crippen LogP contribution in [-0.2, 0) is 12.6 Å². The second kappa shape index (κ2) is 3.81. The number of aromatic nitrogens is 1. The van der Waals surface area contributed by atoms with Crippen molar-refractivity contribution in [3.8, 4) is 0 Å². The molecule has 0 radical (unpaired) electrons. The molecule has 0 unspecified atom stereocenters. The number of alkyl halides is 3. The van der Waals surface area contributed by atoms with E-state index in [2.05, 4.69) is 4.98 Å². The standard InChI is InChI=1S/C10H13F3N2/c1-9(2,14)6-8-5-7(3-4-15-8)10(11,12)13/h3-5H,6,14H2,1-2H3. The summed E-state index contributed by atoms with van der Waals surface area (Å²) in [5.41, 5.74) is 4.82. The summed E-state index contributed by atoms with van der Waals surface area (Å²) in [6.07, 6.45) is -2.85. The third-order valence-electron chi connectivity index (χ3n) is 1.78. The predicted octanol–water partition coefficient (Wildman–Crippen LogP) is 2.38. The normalized spacial score (nSPS) is 12.9. The van der Waals surface area contributed by atoms with E-state index in [0.717, 1.165) is 18.3 Å².